The fraction of sp³-hybridized carbons (Fsp3) is 0.864. The van der Waals surface area contributed by atoms with Crippen LogP contribution in [0.3, 0.4) is 0 Å². The summed E-state index contributed by atoms with van der Waals surface area (Å²) in [5, 5.41) is 0. The fourth-order valence-corrected chi connectivity index (χ4v) is 7.46. The van der Waals surface area contributed by atoms with Crippen LogP contribution >= 0.6 is 0 Å². The van der Waals surface area contributed by atoms with E-state index in [1.165, 1.54) is 19.3 Å². The van der Waals surface area contributed by atoms with E-state index in [4.69, 9.17) is 9.47 Å². The summed E-state index contributed by atoms with van der Waals surface area (Å²) in [7, 11) is 0. The number of carbonyl (C=O) groups excluding carboxylic acids is 1. The van der Waals surface area contributed by atoms with Gasteiger partial charge in [0.05, 0.1) is 12.2 Å². The number of hydrogen-bond donors (Lipinski definition) is 0. The first-order valence-corrected chi connectivity index (χ1v) is 10.3. The average Bonchev–Trinajstić information content (AvgIpc) is 3.07. The van der Waals surface area contributed by atoms with Crippen LogP contribution in [0.4, 0.5) is 0 Å². The molecule has 0 unspecified atom stereocenters. The van der Waals surface area contributed by atoms with Gasteiger partial charge in [0.15, 0.2) is 5.79 Å². The zero-order chi connectivity index (χ0) is 17.6. The van der Waals surface area contributed by atoms with Crippen molar-refractivity contribution in [3.8, 4) is 0 Å². The Labute approximate surface area is 151 Å². The molecular weight excluding hydrogens is 312 g/mol. The summed E-state index contributed by atoms with van der Waals surface area (Å²) in [5.74, 6) is 2.14. The SMILES string of the molecule is CC1(C)O[C@H]2[C@H](O1)[C@H]1CC(=O)CC[C@]1(C)[C@H]1CC[C@]3(C)C=CC[C@H]3[C@H]21. The highest BCUT2D eigenvalue weighted by Crippen LogP contribution is 2.67. The van der Waals surface area contributed by atoms with Crippen molar-refractivity contribution in [3.63, 3.8) is 0 Å². The maximum Gasteiger partial charge on any atom is 0.163 e. The van der Waals surface area contributed by atoms with Gasteiger partial charge < -0.3 is 9.47 Å². The van der Waals surface area contributed by atoms with E-state index in [0.29, 0.717) is 41.3 Å². The van der Waals surface area contributed by atoms with Crippen LogP contribution in [-0.2, 0) is 14.3 Å². The standard InChI is InChI=1S/C22H32O3/c1-20(2)24-18-16-12-13(23)7-11-22(16,4)15-8-10-21(3)9-5-6-14(21)17(15)19(18)25-20/h5,9,14-19H,6-8,10-12H2,1-4H3/t14-,15-,16+,17-,18+,19+,21-,22+/m0/s1. The Balaban J connectivity index is 1.60. The summed E-state index contributed by atoms with van der Waals surface area (Å²) >= 11 is 0. The molecule has 4 fully saturated rings. The molecule has 1 aliphatic heterocycles. The predicted molar refractivity (Wildman–Crippen MR) is 95.8 cm³/mol. The molecule has 0 bridgehead atoms. The summed E-state index contributed by atoms with van der Waals surface area (Å²) in [6, 6.07) is 0. The van der Waals surface area contributed by atoms with Crippen LogP contribution < -0.4 is 0 Å². The van der Waals surface area contributed by atoms with E-state index in [9.17, 15) is 4.79 Å². The van der Waals surface area contributed by atoms with E-state index in [2.05, 4.69) is 39.8 Å². The van der Waals surface area contributed by atoms with Gasteiger partial charge in [-0.1, -0.05) is 26.0 Å². The first kappa shape index (κ1) is 16.5. The van der Waals surface area contributed by atoms with Gasteiger partial charge in [0.2, 0.25) is 0 Å². The third-order valence-electron chi connectivity index (χ3n) is 8.68. The Morgan fingerprint density at radius 3 is 2.56 bits per heavy atom. The minimum Gasteiger partial charge on any atom is -0.344 e. The summed E-state index contributed by atoms with van der Waals surface area (Å²) in [6.45, 7) is 9.03. The van der Waals surface area contributed by atoms with Crippen molar-refractivity contribution in [2.24, 2.45) is 34.5 Å². The molecule has 3 heteroatoms. The number of ether oxygens (including phenoxy) is 2. The van der Waals surface area contributed by atoms with Gasteiger partial charge in [-0.3, -0.25) is 4.79 Å². The van der Waals surface area contributed by atoms with Crippen molar-refractivity contribution in [2.75, 3.05) is 0 Å². The topological polar surface area (TPSA) is 35.5 Å². The third-order valence-corrected chi connectivity index (χ3v) is 8.68. The lowest BCUT2D eigenvalue weighted by Gasteiger charge is -2.62. The van der Waals surface area contributed by atoms with Gasteiger partial charge in [0.25, 0.3) is 0 Å². The molecule has 0 spiro atoms. The van der Waals surface area contributed by atoms with E-state index >= 15 is 0 Å². The molecule has 5 aliphatic rings. The lowest BCUT2D eigenvalue weighted by atomic mass is 9.44. The minimum absolute atomic E-state index is 0.0912. The number of rotatable bonds is 0. The quantitative estimate of drug-likeness (QED) is 0.607. The summed E-state index contributed by atoms with van der Waals surface area (Å²) in [6.07, 6.45) is 11.4. The summed E-state index contributed by atoms with van der Waals surface area (Å²) < 4.78 is 13.0. The van der Waals surface area contributed by atoms with E-state index < -0.39 is 5.79 Å². The smallest absolute Gasteiger partial charge is 0.163 e. The highest BCUT2D eigenvalue weighted by atomic mass is 16.8. The van der Waals surface area contributed by atoms with Crippen LogP contribution in [0.5, 0.6) is 0 Å². The van der Waals surface area contributed by atoms with Crippen LogP contribution in [0.1, 0.15) is 66.2 Å². The zero-order valence-corrected chi connectivity index (χ0v) is 16.1. The van der Waals surface area contributed by atoms with Crippen LogP contribution in [0.25, 0.3) is 0 Å². The van der Waals surface area contributed by atoms with Crippen LogP contribution in [-0.4, -0.2) is 23.8 Å². The molecule has 25 heavy (non-hydrogen) atoms. The zero-order valence-electron chi connectivity index (χ0n) is 16.1. The Morgan fingerprint density at radius 1 is 1.00 bits per heavy atom. The largest absolute Gasteiger partial charge is 0.344 e. The Kier molecular flexibility index (Phi) is 3.29. The molecule has 3 nitrogen and oxygen atoms in total. The predicted octanol–water partition coefficient (Wildman–Crippen LogP) is 4.50. The van der Waals surface area contributed by atoms with Gasteiger partial charge in [-0.05, 0) is 68.1 Å². The summed E-state index contributed by atoms with van der Waals surface area (Å²) in [4.78, 5) is 12.3. The third kappa shape index (κ3) is 2.15. The molecule has 1 heterocycles. The number of fused-ring (bicyclic) bond motifs is 8. The van der Waals surface area contributed by atoms with E-state index in [0.717, 1.165) is 12.8 Å². The molecule has 8 atom stereocenters. The Morgan fingerprint density at radius 2 is 1.76 bits per heavy atom. The number of allylic oxidation sites excluding steroid dienone is 2. The number of hydrogen-bond acceptors (Lipinski definition) is 3. The first-order valence-electron chi connectivity index (χ1n) is 10.3. The average molecular weight is 344 g/mol. The van der Waals surface area contributed by atoms with Crippen molar-refractivity contribution >= 4 is 5.78 Å². The molecule has 0 amide bonds. The molecule has 0 aromatic rings. The molecule has 0 aromatic carbocycles. The van der Waals surface area contributed by atoms with E-state index in [-0.39, 0.29) is 17.6 Å². The maximum atomic E-state index is 12.3. The van der Waals surface area contributed by atoms with Gasteiger partial charge in [-0.25, -0.2) is 0 Å². The van der Waals surface area contributed by atoms with Gasteiger partial charge in [-0.2, -0.15) is 0 Å². The molecule has 0 aromatic heterocycles. The highest BCUT2D eigenvalue weighted by molar-refractivity contribution is 5.79. The van der Waals surface area contributed by atoms with Crippen LogP contribution in [0.2, 0.25) is 0 Å². The van der Waals surface area contributed by atoms with Crippen molar-refractivity contribution in [1.29, 1.82) is 0 Å². The van der Waals surface area contributed by atoms with Gasteiger partial charge in [0.1, 0.15) is 5.78 Å². The fourth-order valence-electron chi connectivity index (χ4n) is 7.46. The number of carbonyl (C=O) groups is 1. The first-order chi connectivity index (χ1) is 11.7. The second-order valence-electron chi connectivity index (χ2n) is 10.4. The van der Waals surface area contributed by atoms with Crippen molar-refractivity contribution in [3.05, 3.63) is 12.2 Å². The van der Waals surface area contributed by atoms with Crippen LogP contribution in [0, 0.1) is 34.5 Å². The lowest BCUT2D eigenvalue weighted by molar-refractivity contribution is -0.175. The van der Waals surface area contributed by atoms with E-state index in [1.807, 2.05) is 0 Å². The van der Waals surface area contributed by atoms with Crippen molar-refractivity contribution < 1.29 is 14.3 Å². The van der Waals surface area contributed by atoms with E-state index in [1.54, 1.807) is 0 Å². The molecule has 0 radical (unpaired) electrons. The minimum atomic E-state index is -0.522. The van der Waals surface area contributed by atoms with Crippen molar-refractivity contribution in [1.82, 2.24) is 0 Å². The van der Waals surface area contributed by atoms with Gasteiger partial charge >= 0.3 is 0 Å². The lowest BCUT2D eigenvalue weighted by Crippen LogP contribution is -2.62. The molecule has 4 aliphatic carbocycles. The normalized spacial score (nSPS) is 56.1. The Bertz CT molecular complexity index is 637. The molecule has 3 saturated carbocycles. The number of Topliss-reactive ketones (excluding diaryl/α,β-unsaturated/α-hetero) is 1. The maximum absolute atomic E-state index is 12.3. The molecular formula is C22H32O3. The molecule has 138 valence electrons. The molecule has 5 rings (SSSR count). The highest BCUT2D eigenvalue weighted by Gasteiger charge is 2.66. The second kappa shape index (κ2) is 4.98. The Hall–Kier alpha value is -0.670. The van der Waals surface area contributed by atoms with Crippen molar-refractivity contribution in [2.45, 2.75) is 84.2 Å². The molecule has 0 N–H and O–H groups in total. The van der Waals surface area contributed by atoms with Gasteiger partial charge in [-0.15, -0.1) is 0 Å². The van der Waals surface area contributed by atoms with Crippen LogP contribution in [0.15, 0.2) is 12.2 Å². The molecule has 1 saturated heterocycles. The summed E-state index contributed by atoms with van der Waals surface area (Å²) in [5.41, 5.74) is 0.558. The number of ketones is 1. The monoisotopic (exact) mass is 344 g/mol. The second-order valence-corrected chi connectivity index (χ2v) is 10.4. The van der Waals surface area contributed by atoms with Gasteiger partial charge in [0, 0.05) is 18.8 Å².